The molecule has 0 spiro atoms. The zero-order valence-corrected chi connectivity index (χ0v) is 14.1. The van der Waals surface area contributed by atoms with Crippen LogP contribution < -0.4 is 10.6 Å². The Hall–Kier alpha value is -2.38. The van der Waals surface area contributed by atoms with Crippen molar-refractivity contribution in [3.63, 3.8) is 0 Å². The fourth-order valence-corrected chi connectivity index (χ4v) is 2.65. The molecule has 2 heterocycles. The Morgan fingerprint density at radius 3 is 2.76 bits per heavy atom. The Labute approximate surface area is 152 Å². The van der Waals surface area contributed by atoms with Crippen LogP contribution in [-0.4, -0.2) is 29.6 Å². The zero-order chi connectivity index (χ0) is 18.0. The molecule has 0 bridgehead atoms. The topological polar surface area (TPSA) is 80.3 Å². The van der Waals surface area contributed by atoms with Crippen LogP contribution in [0.15, 0.2) is 36.5 Å². The van der Waals surface area contributed by atoms with Gasteiger partial charge in [0.05, 0.1) is 28.3 Å². The standard InChI is InChI=1S/C16H12Cl2FN3O3/c17-9-2-4-12(20-6-9)14(8-1-3-11(19)10(18)5-8)22-15(23)13-7-21-16(24)25-13/h1-6,13-14H,7H2,(H,21,24)(H,22,23)/t13-,14+/m0/s1. The summed E-state index contributed by atoms with van der Waals surface area (Å²) in [6.45, 7) is 0.0651. The minimum atomic E-state index is -0.960. The number of hydrogen-bond acceptors (Lipinski definition) is 4. The number of nitrogens with one attached hydrogen (secondary N) is 2. The summed E-state index contributed by atoms with van der Waals surface area (Å²) in [7, 11) is 0. The van der Waals surface area contributed by atoms with Crippen molar-refractivity contribution in [2.24, 2.45) is 0 Å². The molecule has 1 saturated heterocycles. The van der Waals surface area contributed by atoms with Crippen molar-refractivity contribution in [2.75, 3.05) is 6.54 Å². The smallest absolute Gasteiger partial charge is 0.408 e. The second kappa shape index (κ2) is 7.25. The number of halogens is 3. The molecule has 1 aliphatic rings. The number of carbonyl (C=O) groups is 2. The number of alkyl carbamates (subject to hydrolysis) is 1. The Balaban J connectivity index is 1.91. The molecular formula is C16H12Cl2FN3O3. The van der Waals surface area contributed by atoms with Gasteiger partial charge in [0.25, 0.3) is 5.91 Å². The maximum atomic E-state index is 13.5. The maximum absolute atomic E-state index is 13.5. The summed E-state index contributed by atoms with van der Waals surface area (Å²) in [5, 5.41) is 5.48. The van der Waals surface area contributed by atoms with Gasteiger partial charge in [0.2, 0.25) is 0 Å². The van der Waals surface area contributed by atoms with Crippen molar-refractivity contribution in [3.05, 3.63) is 63.6 Å². The van der Waals surface area contributed by atoms with Crippen LogP contribution >= 0.6 is 23.2 Å². The van der Waals surface area contributed by atoms with Gasteiger partial charge in [0, 0.05) is 6.20 Å². The molecule has 1 fully saturated rings. The quantitative estimate of drug-likeness (QED) is 0.850. The lowest BCUT2D eigenvalue weighted by Gasteiger charge is -2.20. The van der Waals surface area contributed by atoms with E-state index in [2.05, 4.69) is 15.6 Å². The molecule has 2 N–H and O–H groups in total. The van der Waals surface area contributed by atoms with E-state index in [9.17, 15) is 14.0 Å². The van der Waals surface area contributed by atoms with Gasteiger partial charge in [-0.25, -0.2) is 9.18 Å². The molecule has 0 unspecified atom stereocenters. The molecule has 1 aromatic carbocycles. The van der Waals surface area contributed by atoms with Crippen molar-refractivity contribution in [3.8, 4) is 0 Å². The molecular weight excluding hydrogens is 372 g/mol. The Morgan fingerprint density at radius 1 is 1.36 bits per heavy atom. The molecule has 2 aromatic rings. The molecule has 6 nitrogen and oxygen atoms in total. The molecule has 130 valence electrons. The average molecular weight is 384 g/mol. The van der Waals surface area contributed by atoms with Crippen molar-refractivity contribution in [1.82, 2.24) is 15.6 Å². The third kappa shape index (κ3) is 4.00. The first-order valence-electron chi connectivity index (χ1n) is 7.25. The van der Waals surface area contributed by atoms with Crippen LogP contribution in [0.2, 0.25) is 10.0 Å². The van der Waals surface area contributed by atoms with Gasteiger partial charge in [0.15, 0.2) is 6.10 Å². The number of cyclic esters (lactones) is 1. The van der Waals surface area contributed by atoms with Gasteiger partial charge in [0.1, 0.15) is 5.82 Å². The number of rotatable bonds is 4. The minimum absolute atomic E-state index is 0.0651. The molecule has 25 heavy (non-hydrogen) atoms. The highest BCUT2D eigenvalue weighted by Crippen LogP contribution is 2.26. The highest BCUT2D eigenvalue weighted by Gasteiger charge is 2.31. The van der Waals surface area contributed by atoms with Crippen molar-refractivity contribution in [2.45, 2.75) is 12.1 Å². The number of carbonyl (C=O) groups excluding carboxylic acids is 2. The fourth-order valence-electron chi connectivity index (χ4n) is 2.35. The van der Waals surface area contributed by atoms with Crippen LogP contribution in [0.4, 0.5) is 9.18 Å². The van der Waals surface area contributed by atoms with Gasteiger partial charge < -0.3 is 15.4 Å². The zero-order valence-electron chi connectivity index (χ0n) is 12.6. The summed E-state index contributed by atoms with van der Waals surface area (Å²) in [6, 6.07) is 6.61. The number of benzene rings is 1. The average Bonchev–Trinajstić information content (AvgIpc) is 3.03. The van der Waals surface area contributed by atoms with Crippen molar-refractivity contribution < 1.29 is 18.7 Å². The number of ether oxygens (including phenoxy) is 1. The Kier molecular flexibility index (Phi) is 5.06. The van der Waals surface area contributed by atoms with Gasteiger partial charge in [-0.1, -0.05) is 29.3 Å². The lowest BCUT2D eigenvalue weighted by atomic mass is 10.0. The molecule has 0 saturated carbocycles. The number of pyridine rings is 1. The predicted octanol–water partition coefficient (Wildman–Crippen LogP) is 2.84. The number of nitrogens with zero attached hydrogens (tertiary/aromatic N) is 1. The number of hydrogen-bond donors (Lipinski definition) is 2. The first-order chi connectivity index (χ1) is 11.9. The van der Waals surface area contributed by atoms with Gasteiger partial charge in [-0.2, -0.15) is 0 Å². The van der Waals surface area contributed by atoms with Crippen LogP contribution in [-0.2, 0) is 9.53 Å². The van der Waals surface area contributed by atoms with E-state index in [0.717, 1.165) is 0 Å². The molecule has 0 radical (unpaired) electrons. The molecule has 2 atom stereocenters. The summed E-state index contributed by atoms with van der Waals surface area (Å²) >= 11 is 11.7. The fraction of sp³-hybridized carbons (Fsp3) is 0.188. The lowest BCUT2D eigenvalue weighted by Crippen LogP contribution is -2.39. The van der Waals surface area contributed by atoms with E-state index in [1.807, 2.05) is 0 Å². The van der Waals surface area contributed by atoms with Crippen LogP contribution in [0.1, 0.15) is 17.3 Å². The van der Waals surface area contributed by atoms with Crippen LogP contribution in [0, 0.1) is 5.82 Å². The van der Waals surface area contributed by atoms with E-state index in [1.165, 1.54) is 24.4 Å². The van der Waals surface area contributed by atoms with Gasteiger partial charge >= 0.3 is 6.09 Å². The number of amides is 2. The highest BCUT2D eigenvalue weighted by molar-refractivity contribution is 6.31. The molecule has 1 aliphatic heterocycles. The summed E-state index contributed by atoms with van der Waals surface area (Å²) in [5.41, 5.74) is 0.990. The summed E-state index contributed by atoms with van der Waals surface area (Å²) in [6.07, 6.45) is -0.192. The molecule has 2 amide bonds. The van der Waals surface area contributed by atoms with E-state index in [1.54, 1.807) is 12.1 Å². The highest BCUT2D eigenvalue weighted by atomic mass is 35.5. The molecule has 1 aromatic heterocycles. The van der Waals surface area contributed by atoms with Crippen molar-refractivity contribution >= 4 is 35.2 Å². The summed E-state index contributed by atoms with van der Waals surface area (Å²) in [4.78, 5) is 27.7. The third-order valence-corrected chi connectivity index (χ3v) is 4.10. The minimum Gasteiger partial charge on any atom is -0.434 e. The van der Waals surface area contributed by atoms with E-state index in [-0.39, 0.29) is 11.6 Å². The molecule has 3 rings (SSSR count). The van der Waals surface area contributed by atoms with Gasteiger partial charge in [-0.15, -0.1) is 0 Å². The summed E-state index contributed by atoms with van der Waals surface area (Å²) < 4.78 is 18.3. The van der Waals surface area contributed by atoms with Gasteiger partial charge in [-0.3, -0.25) is 9.78 Å². The van der Waals surface area contributed by atoms with Crippen LogP contribution in [0.5, 0.6) is 0 Å². The predicted molar refractivity (Wildman–Crippen MR) is 88.9 cm³/mol. The number of aromatic nitrogens is 1. The monoisotopic (exact) mass is 383 g/mol. The third-order valence-electron chi connectivity index (χ3n) is 3.58. The van der Waals surface area contributed by atoms with Crippen LogP contribution in [0.3, 0.4) is 0 Å². The normalized spacial score (nSPS) is 17.6. The first kappa shape index (κ1) is 17.4. The SMILES string of the molecule is O=C1NC[C@@H](C(=O)N[C@H](c2ccc(F)c(Cl)c2)c2ccc(Cl)cn2)O1. The van der Waals surface area contributed by atoms with Gasteiger partial charge in [-0.05, 0) is 29.8 Å². The van der Waals surface area contributed by atoms with E-state index in [0.29, 0.717) is 16.3 Å². The maximum Gasteiger partial charge on any atom is 0.408 e. The van der Waals surface area contributed by atoms with Crippen LogP contribution in [0.25, 0.3) is 0 Å². The molecule has 9 heteroatoms. The van der Waals surface area contributed by atoms with E-state index < -0.39 is 30.0 Å². The Morgan fingerprint density at radius 2 is 2.16 bits per heavy atom. The first-order valence-corrected chi connectivity index (χ1v) is 8.01. The second-order valence-corrected chi connectivity index (χ2v) is 6.13. The van der Waals surface area contributed by atoms with E-state index in [4.69, 9.17) is 27.9 Å². The lowest BCUT2D eigenvalue weighted by molar-refractivity contribution is -0.128. The largest absolute Gasteiger partial charge is 0.434 e. The molecule has 0 aliphatic carbocycles. The van der Waals surface area contributed by atoms with E-state index >= 15 is 0 Å². The van der Waals surface area contributed by atoms with Crippen molar-refractivity contribution in [1.29, 1.82) is 0 Å². The summed E-state index contributed by atoms with van der Waals surface area (Å²) in [5.74, 6) is -1.09. The Bertz CT molecular complexity index is 817. The second-order valence-electron chi connectivity index (χ2n) is 5.29.